The second kappa shape index (κ2) is 5.50. The first-order chi connectivity index (χ1) is 9.42. The van der Waals surface area contributed by atoms with Gasteiger partial charge in [-0.1, -0.05) is 0 Å². The first-order valence-corrected chi connectivity index (χ1v) is 7.48. The molecule has 2 aromatic carbocycles. The summed E-state index contributed by atoms with van der Waals surface area (Å²) >= 11 is 0. The molecule has 0 aliphatic rings. The minimum atomic E-state index is -3.58. The van der Waals surface area contributed by atoms with Crippen LogP contribution in [0.3, 0.4) is 0 Å². The van der Waals surface area contributed by atoms with E-state index in [2.05, 4.69) is 0 Å². The summed E-state index contributed by atoms with van der Waals surface area (Å²) in [5, 5.41) is 0. The lowest BCUT2D eigenvalue weighted by Crippen LogP contribution is -2.07. The second-order valence-electron chi connectivity index (χ2n) is 4.28. The molecular weight excluding hydrogens is 281 g/mol. The van der Waals surface area contributed by atoms with Crippen LogP contribution in [-0.4, -0.2) is 15.5 Å². The third-order valence-electron chi connectivity index (χ3n) is 2.82. The number of anilines is 1. The number of sulfone groups is 1. The molecule has 0 saturated carbocycles. The number of benzene rings is 2. The van der Waals surface area contributed by atoms with Gasteiger partial charge in [0.15, 0.2) is 9.84 Å². The Morgan fingerprint density at radius 1 is 1.15 bits per heavy atom. The number of hydrogen-bond donors (Lipinski definition) is 1. The van der Waals surface area contributed by atoms with Gasteiger partial charge in [0, 0.05) is 11.3 Å². The quantitative estimate of drug-likeness (QED) is 0.694. The molecule has 0 aliphatic heterocycles. The predicted molar refractivity (Wildman–Crippen MR) is 74.7 cm³/mol. The van der Waals surface area contributed by atoms with Gasteiger partial charge in [0.05, 0.1) is 17.8 Å². The van der Waals surface area contributed by atoms with E-state index in [4.69, 9.17) is 10.5 Å². The summed E-state index contributed by atoms with van der Waals surface area (Å²) in [5.74, 6) is -0.289. The predicted octanol–water partition coefficient (Wildman–Crippen LogP) is 2.39. The molecule has 0 heterocycles. The third kappa shape index (κ3) is 3.08. The molecule has 2 rings (SSSR count). The number of methoxy groups -OCH3 is 1. The summed E-state index contributed by atoms with van der Waals surface area (Å²) in [4.78, 5) is 0.0587. The number of nitrogen functional groups attached to an aromatic ring is 1. The Balaban J connectivity index is 2.37. The van der Waals surface area contributed by atoms with Gasteiger partial charge in [0.25, 0.3) is 0 Å². The minimum absolute atomic E-state index is 0.0587. The zero-order valence-corrected chi connectivity index (χ0v) is 11.7. The molecule has 6 heteroatoms. The molecule has 2 N–H and O–H groups in total. The summed E-state index contributed by atoms with van der Waals surface area (Å²) in [6.45, 7) is 0. The van der Waals surface area contributed by atoms with Gasteiger partial charge < -0.3 is 10.5 Å². The Labute approximate surface area is 116 Å². The third-order valence-corrected chi connectivity index (χ3v) is 4.50. The molecule has 0 amide bonds. The van der Waals surface area contributed by atoms with Crippen molar-refractivity contribution in [2.45, 2.75) is 10.6 Å². The summed E-state index contributed by atoms with van der Waals surface area (Å²) in [5.41, 5.74) is 6.58. The van der Waals surface area contributed by atoms with E-state index in [1.54, 1.807) is 18.2 Å². The van der Waals surface area contributed by atoms with Crippen molar-refractivity contribution in [2.75, 3.05) is 12.8 Å². The fraction of sp³-hybridized carbons (Fsp3) is 0.143. The highest BCUT2D eigenvalue weighted by molar-refractivity contribution is 7.90. The molecule has 0 radical (unpaired) electrons. The normalized spacial score (nSPS) is 11.3. The topological polar surface area (TPSA) is 69.4 Å². The summed E-state index contributed by atoms with van der Waals surface area (Å²) in [6.07, 6.45) is 0. The molecule has 2 aromatic rings. The van der Waals surface area contributed by atoms with Gasteiger partial charge in [-0.3, -0.25) is 0 Å². The highest BCUT2D eigenvalue weighted by Crippen LogP contribution is 2.26. The van der Waals surface area contributed by atoms with Crippen LogP contribution in [0.5, 0.6) is 5.75 Å². The summed E-state index contributed by atoms with van der Waals surface area (Å²) in [7, 11) is -2.12. The monoisotopic (exact) mass is 295 g/mol. The lowest BCUT2D eigenvalue weighted by molar-refractivity contribution is 0.411. The van der Waals surface area contributed by atoms with Crippen molar-refractivity contribution in [3.05, 3.63) is 53.8 Å². The molecule has 0 fully saturated rings. The summed E-state index contributed by atoms with van der Waals surface area (Å²) in [6, 6.07) is 9.51. The van der Waals surface area contributed by atoms with E-state index < -0.39 is 15.7 Å². The highest BCUT2D eigenvalue weighted by atomic mass is 32.2. The minimum Gasteiger partial charge on any atom is -0.496 e. The van der Waals surface area contributed by atoms with Gasteiger partial charge in [0.1, 0.15) is 11.6 Å². The Hall–Kier alpha value is -2.08. The SMILES string of the molecule is COc1ccc(N)cc1CS(=O)(=O)c1ccc(F)cc1. The van der Waals surface area contributed by atoms with E-state index in [-0.39, 0.29) is 10.6 Å². The molecular formula is C14H14FNO3S. The van der Waals surface area contributed by atoms with Crippen LogP contribution in [0, 0.1) is 5.82 Å². The van der Waals surface area contributed by atoms with Gasteiger partial charge >= 0.3 is 0 Å². The Bertz CT molecular complexity index is 712. The Morgan fingerprint density at radius 2 is 1.80 bits per heavy atom. The molecule has 106 valence electrons. The molecule has 20 heavy (non-hydrogen) atoms. The molecule has 0 spiro atoms. The maximum absolute atomic E-state index is 12.8. The van der Waals surface area contributed by atoms with Gasteiger partial charge in [-0.05, 0) is 42.5 Å². The lowest BCUT2D eigenvalue weighted by atomic mass is 10.2. The number of rotatable bonds is 4. The zero-order valence-electron chi connectivity index (χ0n) is 10.8. The van der Waals surface area contributed by atoms with Crippen molar-refractivity contribution in [2.24, 2.45) is 0 Å². The van der Waals surface area contributed by atoms with E-state index in [1.165, 1.54) is 19.2 Å². The van der Waals surface area contributed by atoms with E-state index in [9.17, 15) is 12.8 Å². The average Bonchev–Trinajstić information content (AvgIpc) is 2.39. The van der Waals surface area contributed by atoms with E-state index in [0.29, 0.717) is 17.0 Å². The maximum atomic E-state index is 12.8. The number of nitrogens with two attached hydrogens (primary N) is 1. The van der Waals surface area contributed by atoms with E-state index in [0.717, 1.165) is 12.1 Å². The van der Waals surface area contributed by atoms with Crippen molar-refractivity contribution in [1.29, 1.82) is 0 Å². The lowest BCUT2D eigenvalue weighted by Gasteiger charge is -2.10. The van der Waals surface area contributed by atoms with Crippen LogP contribution in [0.25, 0.3) is 0 Å². The molecule has 0 bridgehead atoms. The Kier molecular flexibility index (Phi) is 3.94. The van der Waals surface area contributed by atoms with Crippen molar-refractivity contribution in [3.63, 3.8) is 0 Å². The van der Waals surface area contributed by atoms with Gasteiger partial charge in [-0.15, -0.1) is 0 Å². The van der Waals surface area contributed by atoms with Crippen LogP contribution in [0.15, 0.2) is 47.4 Å². The van der Waals surface area contributed by atoms with Crippen molar-refractivity contribution < 1.29 is 17.5 Å². The maximum Gasteiger partial charge on any atom is 0.182 e. The van der Waals surface area contributed by atoms with Crippen LogP contribution in [-0.2, 0) is 15.6 Å². The molecule has 0 atom stereocenters. The van der Waals surface area contributed by atoms with Gasteiger partial charge in [0.2, 0.25) is 0 Å². The first kappa shape index (κ1) is 14.3. The number of hydrogen-bond acceptors (Lipinski definition) is 4. The van der Waals surface area contributed by atoms with E-state index in [1.807, 2.05) is 0 Å². The zero-order chi connectivity index (χ0) is 14.8. The highest BCUT2D eigenvalue weighted by Gasteiger charge is 2.18. The van der Waals surface area contributed by atoms with Gasteiger partial charge in [-0.2, -0.15) is 0 Å². The fourth-order valence-electron chi connectivity index (χ4n) is 1.84. The van der Waals surface area contributed by atoms with Crippen LogP contribution in [0.1, 0.15) is 5.56 Å². The molecule has 0 aromatic heterocycles. The van der Waals surface area contributed by atoms with Crippen molar-refractivity contribution in [3.8, 4) is 5.75 Å². The Morgan fingerprint density at radius 3 is 2.40 bits per heavy atom. The van der Waals surface area contributed by atoms with Crippen LogP contribution in [0.4, 0.5) is 10.1 Å². The smallest absolute Gasteiger partial charge is 0.182 e. The molecule has 0 unspecified atom stereocenters. The largest absolute Gasteiger partial charge is 0.496 e. The standard InChI is InChI=1S/C14H14FNO3S/c1-19-14-7-4-12(16)8-10(14)9-20(17,18)13-5-2-11(15)3-6-13/h2-8H,9,16H2,1H3. The average molecular weight is 295 g/mol. The first-order valence-electron chi connectivity index (χ1n) is 5.83. The van der Waals surface area contributed by atoms with Gasteiger partial charge in [-0.25, -0.2) is 12.8 Å². The molecule has 0 aliphatic carbocycles. The number of ether oxygens (including phenoxy) is 1. The van der Waals surface area contributed by atoms with Crippen LogP contribution in [0.2, 0.25) is 0 Å². The molecule has 4 nitrogen and oxygen atoms in total. The second-order valence-corrected chi connectivity index (χ2v) is 6.27. The summed E-state index contributed by atoms with van der Waals surface area (Å²) < 4.78 is 42.5. The van der Waals surface area contributed by atoms with Crippen LogP contribution >= 0.6 is 0 Å². The van der Waals surface area contributed by atoms with E-state index >= 15 is 0 Å². The molecule has 0 saturated heterocycles. The fourth-order valence-corrected chi connectivity index (χ4v) is 3.19. The van der Waals surface area contributed by atoms with Crippen molar-refractivity contribution >= 4 is 15.5 Å². The number of halogens is 1. The van der Waals surface area contributed by atoms with Crippen LogP contribution < -0.4 is 10.5 Å². The van der Waals surface area contributed by atoms with Crippen molar-refractivity contribution in [1.82, 2.24) is 0 Å².